The van der Waals surface area contributed by atoms with Gasteiger partial charge < -0.3 is 9.64 Å². The lowest BCUT2D eigenvalue weighted by atomic mass is 10.1. The zero-order chi connectivity index (χ0) is 13.0. The van der Waals surface area contributed by atoms with Crippen LogP contribution in [0.3, 0.4) is 0 Å². The first-order chi connectivity index (χ1) is 8.76. The molecule has 90 valence electrons. The molecule has 0 saturated carbocycles. The van der Waals surface area contributed by atoms with Gasteiger partial charge in [0.25, 0.3) is 0 Å². The van der Waals surface area contributed by atoms with Crippen LogP contribution in [0.1, 0.15) is 5.56 Å². The van der Waals surface area contributed by atoms with E-state index in [4.69, 9.17) is 10.00 Å². The average Bonchev–Trinajstić information content (AvgIpc) is 2.46. The van der Waals surface area contributed by atoms with E-state index in [0.29, 0.717) is 5.56 Å². The fourth-order valence-electron chi connectivity index (χ4n) is 1.81. The van der Waals surface area contributed by atoms with Crippen LogP contribution in [0.4, 0.5) is 11.4 Å². The molecule has 0 saturated heterocycles. The SMILES string of the molecule is COc1ccc(N(C)c2ccccc2C#N)cc1. The molecule has 0 bridgehead atoms. The minimum absolute atomic E-state index is 0.663. The number of benzene rings is 2. The van der Waals surface area contributed by atoms with E-state index in [1.165, 1.54) is 0 Å². The van der Waals surface area contributed by atoms with Gasteiger partial charge in [-0.1, -0.05) is 12.1 Å². The predicted molar refractivity (Wildman–Crippen MR) is 72.2 cm³/mol. The Balaban J connectivity index is 2.35. The average molecular weight is 238 g/mol. The van der Waals surface area contributed by atoms with Crippen molar-refractivity contribution in [3.05, 3.63) is 54.1 Å². The van der Waals surface area contributed by atoms with Gasteiger partial charge in [-0.15, -0.1) is 0 Å². The standard InChI is InChI=1S/C15H14N2O/c1-17(13-7-9-14(18-2)10-8-13)15-6-4-3-5-12(15)11-16/h3-10H,1-2H3. The molecular formula is C15H14N2O. The third-order valence-electron chi connectivity index (χ3n) is 2.85. The summed E-state index contributed by atoms with van der Waals surface area (Å²) in [5, 5.41) is 9.10. The van der Waals surface area contributed by atoms with E-state index in [9.17, 15) is 0 Å². The van der Waals surface area contributed by atoms with Gasteiger partial charge in [0.15, 0.2) is 0 Å². The van der Waals surface area contributed by atoms with Gasteiger partial charge >= 0.3 is 0 Å². The Bertz CT molecular complexity index is 570. The summed E-state index contributed by atoms with van der Waals surface area (Å²) >= 11 is 0. The maximum atomic E-state index is 9.10. The Morgan fingerprint density at radius 1 is 1.06 bits per heavy atom. The number of anilines is 2. The van der Waals surface area contributed by atoms with E-state index in [-0.39, 0.29) is 0 Å². The van der Waals surface area contributed by atoms with Crippen molar-refractivity contribution in [2.24, 2.45) is 0 Å². The van der Waals surface area contributed by atoms with Crippen molar-refractivity contribution in [1.29, 1.82) is 5.26 Å². The van der Waals surface area contributed by atoms with Crippen molar-refractivity contribution in [1.82, 2.24) is 0 Å². The predicted octanol–water partition coefficient (Wildman–Crippen LogP) is 3.33. The highest BCUT2D eigenvalue weighted by Crippen LogP contribution is 2.27. The Labute approximate surface area is 107 Å². The summed E-state index contributed by atoms with van der Waals surface area (Å²) in [6, 6.07) is 17.5. The second-order valence-corrected chi connectivity index (χ2v) is 3.89. The molecule has 0 amide bonds. The molecule has 0 aliphatic carbocycles. The van der Waals surface area contributed by atoms with Gasteiger partial charge in [-0.2, -0.15) is 5.26 Å². The highest BCUT2D eigenvalue weighted by molar-refractivity contribution is 5.68. The summed E-state index contributed by atoms with van der Waals surface area (Å²) in [5.41, 5.74) is 2.57. The summed E-state index contributed by atoms with van der Waals surface area (Å²) in [5.74, 6) is 0.820. The lowest BCUT2D eigenvalue weighted by Gasteiger charge is -2.20. The third-order valence-corrected chi connectivity index (χ3v) is 2.85. The number of hydrogen-bond acceptors (Lipinski definition) is 3. The molecule has 2 rings (SSSR count). The summed E-state index contributed by atoms with van der Waals surface area (Å²) in [4.78, 5) is 1.98. The summed E-state index contributed by atoms with van der Waals surface area (Å²) in [6.45, 7) is 0. The molecule has 0 aliphatic heterocycles. The molecule has 0 spiro atoms. The molecule has 0 aromatic heterocycles. The van der Waals surface area contributed by atoms with E-state index in [1.54, 1.807) is 7.11 Å². The van der Waals surface area contributed by atoms with Gasteiger partial charge in [-0.3, -0.25) is 0 Å². The van der Waals surface area contributed by atoms with Crippen LogP contribution < -0.4 is 9.64 Å². The second kappa shape index (κ2) is 5.24. The minimum atomic E-state index is 0.663. The van der Waals surface area contributed by atoms with E-state index < -0.39 is 0 Å². The summed E-state index contributed by atoms with van der Waals surface area (Å²) < 4.78 is 5.13. The van der Waals surface area contributed by atoms with Gasteiger partial charge in [0.2, 0.25) is 0 Å². The van der Waals surface area contributed by atoms with Crippen LogP contribution in [0, 0.1) is 11.3 Å². The normalized spacial score (nSPS) is 9.61. The van der Waals surface area contributed by atoms with Crippen LogP contribution in [-0.4, -0.2) is 14.2 Å². The van der Waals surface area contributed by atoms with Crippen molar-refractivity contribution in [2.45, 2.75) is 0 Å². The fraction of sp³-hybridized carbons (Fsp3) is 0.133. The molecule has 0 radical (unpaired) electrons. The molecule has 0 unspecified atom stereocenters. The van der Waals surface area contributed by atoms with Gasteiger partial charge in [0, 0.05) is 12.7 Å². The first kappa shape index (κ1) is 12.0. The lowest BCUT2D eigenvalue weighted by molar-refractivity contribution is 0.415. The number of nitriles is 1. The number of rotatable bonds is 3. The quantitative estimate of drug-likeness (QED) is 0.822. The van der Waals surface area contributed by atoms with Crippen LogP contribution in [0.5, 0.6) is 5.75 Å². The smallest absolute Gasteiger partial charge is 0.119 e. The van der Waals surface area contributed by atoms with E-state index in [2.05, 4.69) is 6.07 Å². The van der Waals surface area contributed by atoms with Crippen molar-refractivity contribution in [3.8, 4) is 11.8 Å². The first-order valence-corrected chi connectivity index (χ1v) is 5.63. The number of nitrogens with zero attached hydrogens (tertiary/aromatic N) is 2. The topological polar surface area (TPSA) is 36.3 Å². The molecule has 2 aromatic carbocycles. The molecule has 0 heterocycles. The Kier molecular flexibility index (Phi) is 3.49. The molecule has 0 atom stereocenters. The van der Waals surface area contributed by atoms with Crippen molar-refractivity contribution in [3.63, 3.8) is 0 Å². The van der Waals surface area contributed by atoms with Crippen LogP contribution in [0.15, 0.2) is 48.5 Å². The van der Waals surface area contributed by atoms with Crippen LogP contribution in [-0.2, 0) is 0 Å². The molecule has 2 aromatic rings. The van der Waals surface area contributed by atoms with Gasteiger partial charge in [0.1, 0.15) is 11.8 Å². The molecule has 0 N–H and O–H groups in total. The van der Waals surface area contributed by atoms with Gasteiger partial charge in [-0.05, 0) is 36.4 Å². The van der Waals surface area contributed by atoms with Crippen LogP contribution in [0.25, 0.3) is 0 Å². The number of para-hydroxylation sites is 1. The number of methoxy groups -OCH3 is 1. The molecule has 3 nitrogen and oxygen atoms in total. The molecular weight excluding hydrogens is 224 g/mol. The minimum Gasteiger partial charge on any atom is -0.497 e. The van der Waals surface area contributed by atoms with Crippen molar-refractivity contribution < 1.29 is 4.74 Å². The highest BCUT2D eigenvalue weighted by Gasteiger charge is 2.08. The Morgan fingerprint density at radius 2 is 1.72 bits per heavy atom. The van der Waals surface area contributed by atoms with Gasteiger partial charge in [0.05, 0.1) is 18.4 Å². The molecule has 0 fully saturated rings. The highest BCUT2D eigenvalue weighted by atomic mass is 16.5. The molecule has 0 aliphatic rings. The third kappa shape index (κ3) is 2.28. The molecule has 3 heteroatoms. The largest absolute Gasteiger partial charge is 0.497 e. The van der Waals surface area contributed by atoms with E-state index in [1.807, 2.05) is 60.5 Å². The van der Waals surface area contributed by atoms with E-state index in [0.717, 1.165) is 17.1 Å². The maximum Gasteiger partial charge on any atom is 0.119 e. The first-order valence-electron chi connectivity index (χ1n) is 5.63. The van der Waals surface area contributed by atoms with Crippen LogP contribution in [0.2, 0.25) is 0 Å². The Hall–Kier alpha value is -2.47. The van der Waals surface area contributed by atoms with Crippen LogP contribution >= 0.6 is 0 Å². The summed E-state index contributed by atoms with van der Waals surface area (Å²) in [7, 11) is 3.59. The Morgan fingerprint density at radius 3 is 2.33 bits per heavy atom. The fourth-order valence-corrected chi connectivity index (χ4v) is 1.81. The van der Waals surface area contributed by atoms with Crippen molar-refractivity contribution >= 4 is 11.4 Å². The van der Waals surface area contributed by atoms with E-state index >= 15 is 0 Å². The lowest BCUT2D eigenvalue weighted by Crippen LogP contribution is -2.10. The zero-order valence-electron chi connectivity index (χ0n) is 10.4. The zero-order valence-corrected chi connectivity index (χ0v) is 10.4. The second-order valence-electron chi connectivity index (χ2n) is 3.89. The summed E-state index contributed by atoms with van der Waals surface area (Å²) in [6.07, 6.45) is 0. The van der Waals surface area contributed by atoms with Gasteiger partial charge in [-0.25, -0.2) is 0 Å². The molecule has 18 heavy (non-hydrogen) atoms. The maximum absolute atomic E-state index is 9.10. The number of hydrogen-bond donors (Lipinski definition) is 0. The van der Waals surface area contributed by atoms with Crippen molar-refractivity contribution in [2.75, 3.05) is 19.1 Å². The monoisotopic (exact) mass is 238 g/mol. The number of ether oxygens (including phenoxy) is 1.